The zero-order valence-corrected chi connectivity index (χ0v) is 15.6. The highest BCUT2D eigenvalue weighted by atomic mass is 16.7. The predicted octanol–water partition coefficient (Wildman–Crippen LogP) is 2.38. The van der Waals surface area contributed by atoms with E-state index in [0.717, 1.165) is 25.7 Å². The molecule has 1 fully saturated rings. The average molecular weight is 381 g/mol. The van der Waals surface area contributed by atoms with E-state index >= 15 is 0 Å². The van der Waals surface area contributed by atoms with Crippen molar-refractivity contribution < 1.29 is 34.0 Å². The third kappa shape index (κ3) is 6.32. The number of carbonyl (C=O) groups excluding carboxylic acids is 2. The minimum Gasteiger partial charge on any atom is -0.504 e. The standard InChI is InChI=1S/C19H27NO7/c1-11(12(2)26-19(24)27-14-5-3-4-6-14)25-18(23)15(20)9-13-7-8-16(21)17(22)10-13/h7-8,10-12,14-15,21-22H,3-6,9,20H2,1-2H3/t11-,12-,15-/m0/s1. The van der Waals surface area contributed by atoms with Crippen LogP contribution in [0.1, 0.15) is 45.1 Å². The fraction of sp³-hybridized carbons (Fsp3) is 0.579. The highest BCUT2D eigenvalue weighted by Crippen LogP contribution is 2.25. The van der Waals surface area contributed by atoms with Crippen LogP contribution < -0.4 is 5.73 Å². The summed E-state index contributed by atoms with van der Waals surface area (Å²) in [6, 6.07) is 3.23. The molecule has 0 unspecified atom stereocenters. The quantitative estimate of drug-likeness (QED) is 0.485. The van der Waals surface area contributed by atoms with E-state index in [1.807, 2.05) is 0 Å². The number of benzene rings is 1. The maximum absolute atomic E-state index is 12.1. The number of hydrogen-bond donors (Lipinski definition) is 3. The summed E-state index contributed by atoms with van der Waals surface area (Å²) >= 11 is 0. The summed E-state index contributed by atoms with van der Waals surface area (Å²) < 4.78 is 15.6. The van der Waals surface area contributed by atoms with Crippen molar-refractivity contribution in [2.45, 2.75) is 70.3 Å². The van der Waals surface area contributed by atoms with Gasteiger partial charge >= 0.3 is 12.1 Å². The van der Waals surface area contributed by atoms with Crippen LogP contribution in [-0.4, -0.2) is 46.7 Å². The topological polar surface area (TPSA) is 128 Å². The van der Waals surface area contributed by atoms with Crippen molar-refractivity contribution in [3.63, 3.8) is 0 Å². The third-order valence-electron chi connectivity index (χ3n) is 4.61. The summed E-state index contributed by atoms with van der Waals surface area (Å²) in [5.74, 6) is -1.20. The highest BCUT2D eigenvalue weighted by Gasteiger charge is 2.26. The molecule has 0 saturated heterocycles. The second kappa shape index (κ2) is 9.45. The lowest BCUT2D eigenvalue weighted by Crippen LogP contribution is -2.39. The molecule has 1 aromatic rings. The number of carbonyl (C=O) groups is 2. The number of aromatic hydroxyl groups is 2. The number of hydrogen-bond acceptors (Lipinski definition) is 8. The summed E-state index contributed by atoms with van der Waals surface area (Å²) in [5, 5.41) is 18.8. The lowest BCUT2D eigenvalue weighted by molar-refractivity contribution is -0.155. The van der Waals surface area contributed by atoms with Crippen LogP contribution >= 0.6 is 0 Å². The summed E-state index contributed by atoms with van der Waals surface area (Å²) in [5.41, 5.74) is 6.42. The number of phenolic OH excluding ortho intramolecular Hbond substituents is 2. The zero-order chi connectivity index (χ0) is 20.0. The Labute approximate surface area is 158 Å². The first-order valence-corrected chi connectivity index (χ1v) is 9.10. The fourth-order valence-electron chi connectivity index (χ4n) is 2.82. The number of ether oxygens (including phenoxy) is 3. The molecule has 4 N–H and O–H groups in total. The van der Waals surface area contributed by atoms with Gasteiger partial charge < -0.3 is 30.2 Å². The lowest BCUT2D eigenvalue weighted by atomic mass is 10.1. The van der Waals surface area contributed by atoms with E-state index in [4.69, 9.17) is 19.9 Å². The lowest BCUT2D eigenvalue weighted by Gasteiger charge is -2.23. The molecule has 0 bridgehead atoms. The van der Waals surface area contributed by atoms with E-state index in [2.05, 4.69) is 0 Å². The van der Waals surface area contributed by atoms with E-state index in [9.17, 15) is 19.8 Å². The van der Waals surface area contributed by atoms with Gasteiger partial charge in [0.15, 0.2) is 11.5 Å². The van der Waals surface area contributed by atoms with Gasteiger partial charge in [-0.2, -0.15) is 0 Å². The number of phenols is 2. The van der Waals surface area contributed by atoms with Gasteiger partial charge in [-0.1, -0.05) is 6.07 Å². The van der Waals surface area contributed by atoms with Crippen molar-refractivity contribution in [1.82, 2.24) is 0 Å². The summed E-state index contributed by atoms with van der Waals surface area (Å²) in [6.07, 6.45) is 1.64. The molecule has 1 aliphatic rings. The number of esters is 1. The molecule has 0 spiro atoms. The predicted molar refractivity (Wildman–Crippen MR) is 96.3 cm³/mol. The van der Waals surface area contributed by atoms with Gasteiger partial charge in [-0.3, -0.25) is 4.79 Å². The zero-order valence-electron chi connectivity index (χ0n) is 15.6. The Morgan fingerprint density at radius 1 is 1.11 bits per heavy atom. The monoisotopic (exact) mass is 381 g/mol. The normalized spacial score (nSPS) is 17.7. The molecule has 0 heterocycles. The smallest absolute Gasteiger partial charge is 0.504 e. The maximum Gasteiger partial charge on any atom is 0.508 e. The molecule has 8 nitrogen and oxygen atoms in total. The molecule has 8 heteroatoms. The molecule has 2 rings (SSSR count). The van der Waals surface area contributed by atoms with Crippen LogP contribution in [0.3, 0.4) is 0 Å². The van der Waals surface area contributed by atoms with Crippen LogP contribution in [0, 0.1) is 0 Å². The summed E-state index contributed by atoms with van der Waals surface area (Å²) in [7, 11) is 0. The minimum atomic E-state index is -0.964. The Morgan fingerprint density at radius 2 is 1.74 bits per heavy atom. The Kier molecular flexibility index (Phi) is 7.29. The largest absolute Gasteiger partial charge is 0.508 e. The molecule has 0 aromatic heterocycles. The molecule has 27 heavy (non-hydrogen) atoms. The molecular formula is C19H27NO7. The minimum absolute atomic E-state index is 0.0993. The molecule has 1 saturated carbocycles. The van der Waals surface area contributed by atoms with Crippen LogP contribution in [0.15, 0.2) is 18.2 Å². The first-order valence-electron chi connectivity index (χ1n) is 9.10. The van der Waals surface area contributed by atoms with Gasteiger partial charge in [0.05, 0.1) is 0 Å². The van der Waals surface area contributed by atoms with Crippen molar-refractivity contribution >= 4 is 12.1 Å². The molecule has 0 amide bonds. The maximum atomic E-state index is 12.1. The van der Waals surface area contributed by atoms with Crippen LogP contribution in [-0.2, 0) is 25.4 Å². The molecule has 3 atom stereocenters. The number of rotatable bonds is 7. The van der Waals surface area contributed by atoms with Gasteiger partial charge in [-0.15, -0.1) is 0 Å². The second-order valence-electron chi connectivity index (χ2n) is 6.87. The van der Waals surface area contributed by atoms with Crippen molar-refractivity contribution in [1.29, 1.82) is 0 Å². The van der Waals surface area contributed by atoms with Gasteiger partial charge in [0.2, 0.25) is 0 Å². The van der Waals surface area contributed by atoms with Gasteiger partial charge in [0, 0.05) is 0 Å². The summed E-state index contributed by atoms with van der Waals surface area (Å²) in [6.45, 7) is 3.21. The van der Waals surface area contributed by atoms with E-state index in [1.54, 1.807) is 19.9 Å². The van der Waals surface area contributed by atoms with Gasteiger partial charge in [0.1, 0.15) is 24.4 Å². The average Bonchev–Trinajstić information content (AvgIpc) is 3.10. The van der Waals surface area contributed by atoms with E-state index in [1.165, 1.54) is 12.1 Å². The fourth-order valence-corrected chi connectivity index (χ4v) is 2.82. The second-order valence-corrected chi connectivity index (χ2v) is 6.87. The van der Waals surface area contributed by atoms with Crippen LogP contribution in [0.25, 0.3) is 0 Å². The van der Waals surface area contributed by atoms with Crippen molar-refractivity contribution in [2.24, 2.45) is 5.73 Å². The van der Waals surface area contributed by atoms with Gasteiger partial charge in [0.25, 0.3) is 0 Å². The van der Waals surface area contributed by atoms with Crippen LogP contribution in [0.4, 0.5) is 4.79 Å². The van der Waals surface area contributed by atoms with Crippen LogP contribution in [0.5, 0.6) is 11.5 Å². The number of nitrogens with two attached hydrogens (primary N) is 1. The molecule has 0 radical (unpaired) electrons. The molecule has 1 aliphatic carbocycles. The van der Waals surface area contributed by atoms with Crippen LogP contribution in [0.2, 0.25) is 0 Å². The van der Waals surface area contributed by atoms with E-state index < -0.39 is 30.4 Å². The van der Waals surface area contributed by atoms with Gasteiger partial charge in [-0.25, -0.2) is 4.79 Å². The van der Waals surface area contributed by atoms with E-state index in [0.29, 0.717) is 5.56 Å². The SMILES string of the molecule is C[C@H](OC(=O)OC1CCCC1)[C@H](C)OC(=O)[C@@H](N)Cc1ccc(O)c(O)c1. The highest BCUT2D eigenvalue weighted by molar-refractivity contribution is 5.76. The first kappa shape index (κ1) is 20.8. The van der Waals surface area contributed by atoms with Crippen molar-refractivity contribution in [2.75, 3.05) is 0 Å². The molecular weight excluding hydrogens is 354 g/mol. The molecule has 1 aromatic carbocycles. The van der Waals surface area contributed by atoms with Gasteiger partial charge in [-0.05, 0) is 63.6 Å². The van der Waals surface area contributed by atoms with Crippen molar-refractivity contribution in [3.8, 4) is 11.5 Å². The van der Waals surface area contributed by atoms with E-state index in [-0.39, 0.29) is 24.0 Å². The Bertz CT molecular complexity index is 657. The Morgan fingerprint density at radius 3 is 2.37 bits per heavy atom. The first-order chi connectivity index (χ1) is 12.8. The summed E-state index contributed by atoms with van der Waals surface area (Å²) in [4.78, 5) is 23.9. The molecule has 150 valence electrons. The van der Waals surface area contributed by atoms with Crippen molar-refractivity contribution in [3.05, 3.63) is 23.8 Å². The molecule has 0 aliphatic heterocycles. The Balaban J connectivity index is 1.78. The third-order valence-corrected chi connectivity index (χ3v) is 4.61. The Hall–Kier alpha value is -2.48.